The minimum atomic E-state index is -3.72. The Balaban J connectivity index is 2.61. The molecule has 2 aromatic heterocycles. The first-order valence-corrected chi connectivity index (χ1v) is 8.54. The summed E-state index contributed by atoms with van der Waals surface area (Å²) in [5, 5.41) is 4.03. The summed E-state index contributed by atoms with van der Waals surface area (Å²) in [6.45, 7) is 7.56. The fourth-order valence-electron chi connectivity index (χ4n) is 2.15. The molecule has 0 radical (unpaired) electrons. The van der Waals surface area contributed by atoms with Gasteiger partial charge in [-0.2, -0.15) is 5.10 Å². The van der Waals surface area contributed by atoms with Crippen LogP contribution in [-0.4, -0.2) is 34.7 Å². The highest BCUT2D eigenvalue weighted by Gasteiger charge is 2.30. The van der Waals surface area contributed by atoms with E-state index in [-0.39, 0.29) is 4.90 Å². The average molecular weight is 323 g/mol. The van der Waals surface area contributed by atoms with Crippen LogP contribution in [0, 0.1) is 20.8 Å². The van der Waals surface area contributed by atoms with E-state index in [0.29, 0.717) is 35.9 Å². The lowest BCUT2D eigenvalue weighted by Gasteiger charge is -2.24. The standard InChI is InChI=1S/C14H21N5O2S/c1-6-7-19(14-11(3)15-8-10(2)17-14)22(20,21)13-9-16-18(5)12(13)4/h8-9H,6-7H2,1-5H3. The SMILES string of the molecule is CCCN(c1nc(C)cnc1C)S(=O)(=O)c1cnn(C)c1C. The van der Waals surface area contributed by atoms with Crippen LogP contribution >= 0.6 is 0 Å². The second-order valence-electron chi connectivity index (χ2n) is 5.22. The van der Waals surface area contributed by atoms with Crippen molar-refractivity contribution in [2.45, 2.75) is 39.0 Å². The highest BCUT2D eigenvalue weighted by molar-refractivity contribution is 7.92. The molecule has 0 saturated heterocycles. The molecule has 0 bridgehead atoms. The Morgan fingerprint density at radius 2 is 1.91 bits per heavy atom. The predicted molar refractivity (Wildman–Crippen MR) is 84.3 cm³/mol. The van der Waals surface area contributed by atoms with Crippen molar-refractivity contribution in [1.82, 2.24) is 19.7 Å². The number of rotatable bonds is 5. The Morgan fingerprint density at radius 3 is 2.45 bits per heavy atom. The van der Waals surface area contributed by atoms with Crippen LogP contribution in [0.25, 0.3) is 0 Å². The van der Waals surface area contributed by atoms with Crippen molar-refractivity contribution in [2.24, 2.45) is 7.05 Å². The molecule has 0 atom stereocenters. The summed E-state index contributed by atoms with van der Waals surface area (Å²) in [5.74, 6) is 0.380. The van der Waals surface area contributed by atoms with Gasteiger partial charge in [0.05, 0.1) is 23.3 Å². The van der Waals surface area contributed by atoms with Gasteiger partial charge >= 0.3 is 0 Å². The molecule has 0 unspecified atom stereocenters. The molecule has 0 fully saturated rings. The fraction of sp³-hybridized carbons (Fsp3) is 0.500. The van der Waals surface area contributed by atoms with E-state index in [1.807, 2.05) is 6.92 Å². The van der Waals surface area contributed by atoms with Crippen LogP contribution in [0.4, 0.5) is 5.82 Å². The van der Waals surface area contributed by atoms with Gasteiger partial charge < -0.3 is 0 Å². The topological polar surface area (TPSA) is 81.0 Å². The summed E-state index contributed by atoms with van der Waals surface area (Å²) < 4.78 is 28.9. The van der Waals surface area contributed by atoms with E-state index >= 15 is 0 Å². The van der Waals surface area contributed by atoms with E-state index in [1.165, 1.54) is 10.5 Å². The number of anilines is 1. The first-order chi connectivity index (χ1) is 10.3. The summed E-state index contributed by atoms with van der Waals surface area (Å²) in [4.78, 5) is 8.80. The molecule has 8 heteroatoms. The van der Waals surface area contributed by atoms with E-state index in [0.717, 1.165) is 0 Å². The summed E-state index contributed by atoms with van der Waals surface area (Å²) in [6.07, 6.45) is 3.68. The van der Waals surface area contributed by atoms with Crippen molar-refractivity contribution in [2.75, 3.05) is 10.8 Å². The largest absolute Gasteiger partial charge is 0.272 e. The first-order valence-electron chi connectivity index (χ1n) is 7.10. The number of hydrogen-bond acceptors (Lipinski definition) is 5. The van der Waals surface area contributed by atoms with Crippen LogP contribution in [0.2, 0.25) is 0 Å². The zero-order chi connectivity index (χ0) is 16.5. The van der Waals surface area contributed by atoms with Crippen LogP contribution < -0.4 is 4.31 Å². The second-order valence-corrected chi connectivity index (χ2v) is 7.05. The number of aromatic nitrogens is 4. The Kier molecular flexibility index (Phi) is 4.50. The van der Waals surface area contributed by atoms with E-state index in [9.17, 15) is 8.42 Å². The van der Waals surface area contributed by atoms with Gasteiger partial charge in [-0.25, -0.2) is 17.7 Å². The molecule has 0 aliphatic rings. The van der Waals surface area contributed by atoms with E-state index in [1.54, 1.807) is 38.7 Å². The maximum atomic E-state index is 13.0. The normalized spacial score (nSPS) is 11.7. The molecule has 0 amide bonds. The zero-order valence-electron chi connectivity index (χ0n) is 13.5. The molecule has 0 N–H and O–H groups in total. The molecular weight excluding hydrogens is 302 g/mol. The molecule has 7 nitrogen and oxygen atoms in total. The maximum absolute atomic E-state index is 13.0. The summed E-state index contributed by atoms with van der Waals surface area (Å²) in [5.41, 5.74) is 1.86. The summed E-state index contributed by atoms with van der Waals surface area (Å²) in [6, 6.07) is 0. The Labute approximate surface area is 131 Å². The molecule has 0 saturated carbocycles. The zero-order valence-corrected chi connectivity index (χ0v) is 14.3. The monoisotopic (exact) mass is 323 g/mol. The molecule has 2 aromatic rings. The minimum Gasteiger partial charge on any atom is -0.272 e. The van der Waals surface area contributed by atoms with E-state index < -0.39 is 10.0 Å². The highest BCUT2D eigenvalue weighted by Crippen LogP contribution is 2.26. The predicted octanol–water partition coefficient (Wildman–Crippen LogP) is 1.74. The molecule has 0 spiro atoms. The van der Waals surface area contributed by atoms with E-state index in [4.69, 9.17) is 0 Å². The van der Waals surface area contributed by atoms with E-state index in [2.05, 4.69) is 15.1 Å². The van der Waals surface area contributed by atoms with Crippen molar-refractivity contribution in [3.05, 3.63) is 29.5 Å². The lowest BCUT2D eigenvalue weighted by atomic mass is 10.4. The highest BCUT2D eigenvalue weighted by atomic mass is 32.2. The third kappa shape index (κ3) is 2.83. The van der Waals surface area contributed by atoms with Crippen LogP contribution in [0.1, 0.15) is 30.4 Å². The minimum absolute atomic E-state index is 0.200. The van der Waals surface area contributed by atoms with Gasteiger partial charge in [0.15, 0.2) is 5.82 Å². The summed E-state index contributed by atoms with van der Waals surface area (Å²) in [7, 11) is -2.00. The number of nitrogens with zero attached hydrogens (tertiary/aromatic N) is 5. The van der Waals surface area contributed by atoms with Gasteiger partial charge in [0.2, 0.25) is 0 Å². The van der Waals surface area contributed by atoms with Crippen molar-refractivity contribution in [3.63, 3.8) is 0 Å². The number of hydrogen-bond donors (Lipinski definition) is 0. The van der Waals surface area contributed by atoms with Gasteiger partial charge in [-0.3, -0.25) is 9.67 Å². The number of sulfonamides is 1. The van der Waals surface area contributed by atoms with Crippen molar-refractivity contribution in [3.8, 4) is 0 Å². The Hall–Kier alpha value is -1.96. The molecule has 0 aromatic carbocycles. The Bertz CT molecular complexity index is 783. The van der Waals surface area contributed by atoms with Crippen molar-refractivity contribution >= 4 is 15.8 Å². The third-order valence-electron chi connectivity index (χ3n) is 3.47. The van der Waals surface area contributed by atoms with Crippen LogP contribution in [0.5, 0.6) is 0 Å². The molecule has 120 valence electrons. The van der Waals surface area contributed by atoms with Gasteiger partial charge in [-0.15, -0.1) is 0 Å². The maximum Gasteiger partial charge on any atom is 0.268 e. The summed E-state index contributed by atoms with van der Waals surface area (Å²) >= 11 is 0. The van der Waals surface area contributed by atoms with Gasteiger partial charge in [-0.1, -0.05) is 6.92 Å². The molecule has 0 aliphatic heterocycles. The quantitative estimate of drug-likeness (QED) is 0.837. The van der Waals surface area contributed by atoms with Gasteiger partial charge in [0, 0.05) is 19.8 Å². The molecule has 22 heavy (non-hydrogen) atoms. The van der Waals surface area contributed by atoms with Gasteiger partial charge in [-0.05, 0) is 27.2 Å². The third-order valence-corrected chi connectivity index (χ3v) is 5.36. The first kappa shape index (κ1) is 16.4. The Morgan fingerprint density at radius 1 is 1.23 bits per heavy atom. The number of aryl methyl sites for hydroxylation is 3. The van der Waals surface area contributed by atoms with Crippen LogP contribution in [0.15, 0.2) is 17.3 Å². The van der Waals surface area contributed by atoms with Crippen molar-refractivity contribution in [1.29, 1.82) is 0 Å². The fourth-order valence-corrected chi connectivity index (χ4v) is 3.90. The molecule has 2 heterocycles. The van der Waals surface area contributed by atoms with Gasteiger partial charge in [0.1, 0.15) is 4.90 Å². The smallest absolute Gasteiger partial charge is 0.268 e. The van der Waals surface area contributed by atoms with Crippen LogP contribution in [-0.2, 0) is 17.1 Å². The van der Waals surface area contributed by atoms with Gasteiger partial charge in [0.25, 0.3) is 10.0 Å². The van der Waals surface area contributed by atoms with Crippen molar-refractivity contribution < 1.29 is 8.42 Å². The second kappa shape index (κ2) is 6.04. The molecule has 0 aliphatic carbocycles. The lowest BCUT2D eigenvalue weighted by Crippen LogP contribution is -2.33. The average Bonchev–Trinajstić information content (AvgIpc) is 2.80. The molecule has 2 rings (SSSR count). The molecular formula is C14H21N5O2S. The lowest BCUT2D eigenvalue weighted by molar-refractivity contribution is 0.588. The van der Waals surface area contributed by atoms with Crippen LogP contribution in [0.3, 0.4) is 0 Å².